The molecule has 3 aromatic rings. The lowest BCUT2D eigenvalue weighted by Crippen LogP contribution is -2.39. The molecule has 0 radical (unpaired) electrons. The van der Waals surface area contributed by atoms with Gasteiger partial charge in [-0.1, -0.05) is 29.5 Å². The number of benzene rings is 2. The number of hydrogen-bond acceptors (Lipinski definition) is 8. The maximum atomic E-state index is 13.7. The van der Waals surface area contributed by atoms with Crippen molar-refractivity contribution in [3.05, 3.63) is 84.5 Å². The van der Waals surface area contributed by atoms with Crippen molar-refractivity contribution < 1.29 is 19.0 Å². The number of thioether (sulfide) groups is 1. The SMILES string of the molecule is CCOC(=O)C1=C(C)N=c2s/c(=C\c3ccc(OCC)c(OC)c3)c(=O)n2[C@@H]1c1ccc(SC)cc1. The minimum atomic E-state index is -0.631. The lowest BCUT2D eigenvalue weighted by Gasteiger charge is -2.24. The van der Waals surface area contributed by atoms with Gasteiger partial charge in [-0.3, -0.25) is 9.36 Å². The van der Waals surface area contributed by atoms with Crippen LogP contribution in [0.3, 0.4) is 0 Å². The first kappa shape index (κ1) is 25.8. The van der Waals surface area contributed by atoms with Gasteiger partial charge in [-0.25, -0.2) is 9.79 Å². The smallest absolute Gasteiger partial charge is 0.338 e. The lowest BCUT2D eigenvalue weighted by molar-refractivity contribution is -0.139. The second-order valence-corrected chi connectivity index (χ2v) is 9.81. The van der Waals surface area contributed by atoms with E-state index in [1.165, 1.54) is 11.3 Å². The van der Waals surface area contributed by atoms with Crippen LogP contribution in [0.4, 0.5) is 0 Å². The molecule has 2 aromatic carbocycles. The highest BCUT2D eigenvalue weighted by Gasteiger charge is 2.33. The van der Waals surface area contributed by atoms with Crippen LogP contribution in [0.15, 0.2) is 68.4 Å². The first-order valence-electron chi connectivity index (χ1n) is 11.6. The fraction of sp³-hybridized carbons (Fsp3) is 0.296. The Balaban J connectivity index is 1.89. The van der Waals surface area contributed by atoms with Crippen LogP contribution >= 0.6 is 23.1 Å². The largest absolute Gasteiger partial charge is 0.493 e. The molecule has 0 amide bonds. The van der Waals surface area contributed by atoms with Gasteiger partial charge in [-0.2, -0.15) is 0 Å². The van der Waals surface area contributed by atoms with Crippen molar-refractivity contribution in [2.75, 3.05) is 26.6 Å². The summed E-state index contributed by atoms with van der Waals surface area (Å²) in [6, 6.07) is 12.8. The van der Waals surface area contributed by atoms with Gasteiger partial charge in [-0.05, 0) is 68.5 Å². The molecule has 7 nitrogen and oxygen atoms in total. The molecule has 36 heavy (non-hydrogen) atoms. The third kappa shape index (κ3) is 4.99. The first-order chi connectivity index (χ1) is 17.4. The number of fused-ring (bicyclic) bond motifs is 1. The molecule has 0 spiro atoms. The van der Waals surface area contributed by atoms with Gasteiger partial charge in [0.15, 0.2) is 16.3 Å². The quantitative estimate of drug-likeness (QED) is 0.328. The molecule has 188 valence electrons. The third-order valence-electron chi connectivity index (χ3n) is 5.73. The zero-order valence-corrected chi connectivity index (χ0v) is 22.5. The fourth-order valence-corrected chi connectivity index (χ4v) is 5.55. The van der Waals surface area contributed by atoms with Crippen molar-refractivity contribution in [3.8, 4) is 11.5 Å². The van der Waals surface area contributed by atoms with Crippen molar-refractivity contribution in [2.24, 2.45) is 4.99 Å². The summed E-state index contributed by atoms with van der Waals surface area (Å²) in [5.74, 6) is 0.760. The number of nitrogens with zero attached hydrogens (tertiary/aromatic N) is 2. The molecule has 0 fully saturated rings. The van der Waals surface area contributed by atoms with Gasteiger partial charge in [0, 0.05) is 4.90 Å². The Hall–Kier alpha value is -3.30. The van der Waals surface area contributed by atoms with Gasteiger partial charge in [0.05, 0.1) is 42.2 Å². The van der Waals surface area contributed by atoms with Crippen molar-refractivity contribution in [2.45, 2.75) is 31.7 Å². The molecule has 0 unspecified atom stereocenters. The Morgan fingerprint density at radius 1 is 1.14 bits per heavy atom. The highest BCUT2D eigenvalue weighted by atomic mass is 32.2. The topological polar surface area (TPSA) is 79.1 Å². The molecule has 2 heterocycles. The van der Waals surface area contributed by atoms with Crippen LogP contribution in [-0.4, -0.2) is 37.1 Å². The number of carbonyl (C=O) groups is 1. The third-order valence-corrected chi connectivity index (χ3v) is 7.46. The molecule has 0 aliphatic carbocycles. The van der Waals surface area contributed by atoms with Crippen LogP contribution < -0.4 is 24.4 Å². The molecule has 1 atom stereocenters. The normalized spacial score (nSPS) is 15.4. The average molecular weight is 525 g/mol. The number of methoxy groups -OCH3 is 1. The van der Waals surface area contributed by atoms with E-state index in [1.54, 1.807) is 43.4 Å². The van der Waals surface area contributed by atoms with Crippen LogP contribution in [0.2, 0.25) is 0 Å². The molecule has 0 N–H and O–H groups in total. The maximum absolute atomic E-state index is 13.7. The molecule has 4 rings (SSSR count). The zero-order valence-electron chi connectivity index (χ0n) is 20.9. The van der Waals surface area contributed by atoms with E-state index in [-0.39, 0.29) is 12.2 Å². The Morgan fingerprint density at radius 2 is 1.89 bits per heavy atom. The summed E-state index contributed by atoms with van der Waals surface area (Å²) in [7, 11) is 1.58. The number of esters is 1. The van der Waals surface area contributed by atoms with Gasteiger partial charge in [0.25, 0.3) is 5.56 Å². The van der Waals surface area contributed by atoms with E-state index in [9.17, 15) is 9.59 Å². The van der Waals surface area contributed by atoms with Crippen molar-refractivity contribution in [3.63, 3.8) is 0 Å². The van der Waals surface area contributed by atoms with Crippen molar-refractivity contribution >= 4 is 35.1 Å². The maximum Gasteiger partial charge on any atom is 0.338 e. The van der Waals surface area contributed by atoms with Crippen LogP contribution in [0.25, 0.3) is 6.08 Å². The Bertz CT molecular complexity index is 1490. The summed E-state index contributed by atoms with van der Waals surface area (Å²) in [5.41, 5.74) is 2.31. The molecule has 9 heteroatoms. The summed E-state index contributed by atoms with van der Waals surface area (Å²) in [4.78, 5) is 33.0. The standard InChI is InChI=1S/C27H28N2O5S2/c1-6-33-20-13-8-17(14-21(20)32-4)15-22-25(30)29-24(18-9-11-19(35-5)12-10-18)23(26(31)34-7-2)16(3)28-27(29)36-22/h8-15,24H,6-7H2,1-5H3/b22-15-/t24-/m1/s1. The van der Waals surface area contributed by atoms with Crippen LogP contribution in [0.1, 0.15) is 37.9 Å². The monoisotopic (exact) mass is 524 g/mol. The Morgan fingerprint density at radius 3 is 2.53 bits per heavy atom. The Kier molecular flexibility index (Phi) is 8.01. The number of thiazole rings is 1. The van der Waals surface area contributed by atoms with Crippen LogP contribution in [0, 0.1) is 0 Å². The molecule has 0 saturated heterocycles. The number of carbonyl (C=O) groups excluding carboxylic acids is 1. The molecular formula is C27H28N2O5S2. The van der Waals surface area contributed by atoms with Gasteiger partial charge in [0.1, 0.15) is 0 Å². The number of hydrogen-bond donors (Lipinski definition) is 0. The fourth-order valence-electron chi connectivity index (χ4n) is 4.09. The summed E-state index contributed by atoms with van der Waals surface area (Å²) >= 11 is 2.92. The molecule has 1 aliphatic heterocycles. The molecule has 1 aromatic heterocycles. The van der Waals surface area contributed by atoms with E-state index in [0.717, 1.165) is 16.0 Å². The average Bonchev–Trinajstić information content (AvgIpc) is 3.18. The van der Waals surface area contributed by atoms with E-state index in [1.807, 2.05) is 55.6 Å². The summed E-state index contributed by atoms with van der Waals surface area (Å²) in [5, 5.41) is 0. The van der Waals surface area contributed by atoms with Crippen molar-refractivity contribution in [1.29, 1.82) is 0 Å². The van der Waals surface area contributed by atoms with Gasteiger partial charge in [-0.15, -0.1) is 11.8 Å². The van der Waals surface area contributed by atoms with E-state index < -0.39 is 12.0 Å². The van der Waals surface area contributed by atoms with Gasteiger partial charge >= 0.3 is 5.97 Å². The van der Waals surface area contributed by atoms with Crippen LogP contribution in [-0.2, 0) is 9.53 Å². The molecular weight excluding hydrogens is 496 g/mol. The number of rotatable bonds is 8. The van der Waals surface area contributed by atoms with E-state index in [0.29, 0.717) is 38.7 Å². The van der Waals surface area contributed by atoms with Gasteiger partial charge < -0.3 is 14.2 Å². The predicted molar refractivity (Wildman–Crippen MR) is 143 cm³/mol. The van der Waals surface area contributed by atoms with Gasteiger partial charge in [0.2, 0.25) is 0 Å². The van der Waals surface area contributed by atoms with E-state index in [2.05, 4.69) is 4.99 Å². The molecule has 1 aliphatic rings. The summed E-state index contributed by atoms with van der Waals surface area (Å²) in [6.45, 7) is 6.21. The molecule has 0 saturated carbocycles. The predicted octanol–water partition coefficient (Wildman–Crippen LogP) is 3.93. The summed E-state index contributed by atoms with van der Waals surface area (Å²) < 4.78 is 18.5. The highest BCUT2D eigenvalue weighted by molar-refractivity contribution is 7.98. The molecule has 0 bridgehead atoms. The number of allylic oxidation sites excluding steroid dienone is 1. The first-order valence-corrected chi connectivity index (χ1v) is 13.6. The second-order valence-electron chi connectivity index (χ2n) is 7.92. The highest BCUT2D eigenvalue weighted by Crippen LogP contribution is 2.32. The number of aromatic nitrogens is 1. The number of ether oxygens (including phenoxy) is 3. The lowest BCUT2D eigenvalue weighted by atomic mass is 9.96. The van der Waals surface area contributed by atoms with E-state index >= 15 is 0 Å². The van der Waals surface area contributed by atoms with Crippen molar-refractivity contribution in [1.82, 2.24) is 4.57 Å². The minimum absolute atomic E-state index is 0.222. The minimum Gasteiger partial charge on any atom is -0.493 e. The Labute approximate surface area is 217 Å². The second kappa shape index (κ2) is 11.2. The van der Waals surface area contributed by atoms with Crippen LogP contribution in [0.5, 0.6) is 11.5 Å². The zero-order chi connectivity index (χ0) is 25.8. The summed E-state index contributed by atoms with van der Waals surface area (Å²) in [6.07, 6.45) is 3.81. The van der Waals surface area contributed by atoms with E-state index in [4.69, 9.17) is 14.2 Å².